The summed E-state index contributed by atoms with van der Waals surface area (Å²) in [6.07, 6.45) is 0. The van der Waals surface area contributed by atoms with Gasteiger partial charge in [-0.3, -0.25) is 0 Å². The first-order valence-electron chi connectivity index (χ1n) is 25.2. The Morgan fingerprint density at radius 1 is 0.236 bits per heavy atom. The summed E-state index contributed by atoms with van der Waals surface area (Å²) >= 11 is 0. The van der Waals surface area contributed by atoms with Crippen LogP contribution in [0.3, 0.4) is 0 Å². The van der Waals surface area contributed by atoms with Crippen molar-refractivity contribution in [3.05, 3.63) is 206 Å². The van der Waals surface area contributed by atoms with E-state index in [1.807, 2.05) is 0 Å². The number of hydrogen-bond acceptors (Lipinski definition) is 0. The molecule has 0 bridgehead atoms. The summed E-state index contributed by atoms with van der Waals surface area (Å²) in [4.78, 5) is 15.7. The monoisotopic (exact) mass is 918 g/mol. The summed E-state index contributed by atoms with van der Waals surface area (Å²) < 4.78 is 0. The average Bonchev–Trinajstić information content (AvgIpc) is 4.20. The largest absolute Gasteiger partial charge is 0.354 e. The van der Waals surface area contributed by atoms with Gasteiger partial charge >= 0.3 is 0 Å². The first kappa shape index (κ1) is 39.7. The molecule has 4 aromatic heterocycles. The Kier molecular flexibility index (Phi) is 7.85. The van der Waals surface area contributed by atoms with E-state index in [2.05, 4.69) is 241 Å². The Bertz CT molecular complexity index is 4670. The van der Waals surface area contributed by atoms with E-state index < -0.39 is 0 Å². The van der Waals surface area contributed by atoms with Crippen LogP contribution >= 0.6 is 0 Å². The van der Waals surface area contributed by atoms with Crippen molar-refractivity contribution in [1.82, 2.24) is 19.9 Å². The van der Waals surface area contributed by atoms with Crippen molar-refractivity contribution in [2.75, 3.05) is 0 Å². The molecule has 72 heavy (non-hydrogen) atoms. The van der Waals surface area contributed by atoms with Crippen molar-refractivity contribution in [2.24, 2.45) is 0 Å². The molecule has 4 heteroatoms. The smallest absolute Gasteiger partial charge is 0.0544 e. The summed E-state index contributed by atoms with van der Waals surface area (Å²) in [6.45, 7) is 7.07. The van der Waals surface area contributed by atoms with Crippen LogP contribution in [0.4, 0.5) is 0 Å². The van der Waals surface area contributed by atoms with Crippen LogP contribution in [0.15, 0.2) is 200 Å². The fourth-order valence-electron chi connectivity index (χ4n) is 12.8. The Morgan fingerprint density at radius 3 is 0.806 bits per heavy atom. The van der Waals surface area contributed by atoms with Crippen LogP contribution in [0.2, 0.25) is 0 Å². The Morgan fingerprint density at radius 2 is 0.500 bits per heavy atom. The molecule has 0 saturated heterocycles. The molecule has 0 spiro atoms. The maximum Gasteiger partial charge on any atom is 0.0544 e. The topological polar surface area (TPSA) is 63.2 Å². The Labute approximate surface area is 413 Å². The predicted octanol–water partition coefficient (Wildman–Crippen LogP) is 19.1. The van der Waals surface area contributed by atoms with Gasteiger partial charge in [0.15, 0.2) is 0 Å². The Balaban J connectivity index is 1.16. The number of benzene rings is 12. The van der Waals surface area contributed by atoms with Gasteiger partial charge in [0, 0.05) is 87.4 Å². The normalized spacial score (nSPS) is 12.7. The molecule has 16 rings (SSSR count). The fourth-order valence-corrected chi connectivity index (χ4v) is 12.8. The molecular weight excluding hydrogens is 873 g/mol. The van der Waals surface area contributed by atoms with Gasteiger partial charge in [-0.05, 0) is 120 Å². The van der Waals surface area contributed by atoms with Gasteiger partial charge in [0.2, 0.25) is 0 Å². The van der Waals surface area contributed by atoms with Gasteiger partial charge in [0.25, 0.3) is 0 Å². The minimum Gasteiger partial charge on any atom is -0.354 e. The van der Waals surface area contributed by atoms with Gasteiger partial charge in [-0.1, -0.05) is 166 Å². The third kappa shape index (κ3) is 5.41. The molecule has 0 aliphatic carbocycles. The number of nitrogens with one attached hydrogen (secondary N) is 4. The van der Waals surface area contributed by atoms with Crippen molar-refractivity contribution in [2.45, 2.75) is 26.2 Å². The molecule has 4 nitrogen and oxygen atoms in total. The van der Waals surface area contributed by atoms with Gasteiger partial charge in [-0.2, -0.15) is 0 Å². The van der Waals surface area contributed by atoms with Gasteiger partial charge in [-0.25, -0.2) is 0 Å². The van der Waals surface area contributed by atoms with Gasteiger partial charge < -0.3 is 19.9 Å². The van der Waals surface area contributed by atoms with Gasteiger partial charge in [-0.15, -0.1) is 0 Å². The highest BCUT2D eigenvalue weighted by Gasteiger charge is 2.28. The summed E-state index contributed by atoms with van der Waals surface area (Å²) in [6, 6.07) is 74.9. The van der Waals surface area contributed by atoms with Crippen molar-refractivity contribution in [3.63, 3.8) is 0 Å². The number of H-pyrrole nitrogens is 4. The third-order valence-electron chi connectivity index (χ3n) is 16.1. The zero-order valence-electron chi connectivity index (χ0n) is 40.1. The quantitative estimate of drug-likeness (QED) is 0.127. The number of para-hydroxylation sites is 8. The number of aromatic nitrogens is 4. The van der Waals surface area contributed by atoms with Crippen molar-refractivity contribution in [1.29, 1.82) is 0 Å². The van der Waals surface area contributed by atoms with Crippen molar-refractivity contribution < 1.29 is 0 Å². The maximum absolute atomic E-state index is 3.93. The van der Waals surface area contributed by atoms with E-state index in [1.165, 1.54) is 125 Å². The number of hydrogen-bond donors (Lipinski definition) is 4. The summed E-state index contributed by atoms with van der Waals surface area (Å²) in [5, 5.41) is 17.3. The zero-order chi connectivity index (χ0) is 47.6. The highest BCUT2D eigenvalue weighted by molar-refractivity contribution is 6.35. The lowest BCUT2D eigenvalue weighted by Gasteiger charge is -2.26. The molecular formula is C68H46N4. The highest BCUT2D eigenvalue weighted by Crippen LogP contribution is 2.53. The molecule has 4 N–H and O–H groups in total. The fraction of sp³-hybridized carbons (Fsp3) is 0.0588. The van der Waals surface area contributed by atoms with E-state index in [9.17, 15) is 0 Å². The van der Waals surface area contributed by atoms with Gasteiger partial charge in [0.1, 0.15) is 0 Å². The van der Waals surface area contributed by atoms with E-state index in [0.29, 0.717) is 0 Å². The van der Waals surface area contributed by atoms with Crippen LogP contribution in [0.1, 0.15) is 26.3 Å². The summed E-state index contributed by atoms with van der Waals surface area (Å²) in [5.74, 6) is 0. The van der Waals surface area contributed by atoms with Crippen molar-refractivity contribution in [3.8, 4) is 44.5 Å². The molecule has 0 fully saturated rings. The molecule has 0 amide bonds. The average molecular weight is 919 g/mol. The predicted molar refractivity (Wildman–Crippen MR) is 308 cm³/mol. The molecule has 4 heterocycles. The van der Waals surface area contributed by atoms with E-state index in [-0.39, 0.29) is 5.41 Å². The van der Waals surface area contributed by atoms with Crippen LogP contribution in [0.5, 0.6) is 0 Å². The molecule has 12 aromatic carbocycles. The van der Waals surface area contributed by atoms with E-state index in [1.54, 1.807) is 0 Å². The van der Waals surface area contributed by atoms with E-state index in [4.69, 9.17) is 0 Å². The molecule has 0 saturated carbocycles. The lowest BCUT2D eigenvalue weighted by molar-refractivity contribution is 0.592. The molecule has 0 aliphatic heterocycles. The van der Waals surface area contributed by atoms with Gasteiger partial charge in [0.05, 0.1) is 22.1 Å². The Hall–Kier alpha value is -9.12. The molecule has 338 valence electrons. The molecule has 0 atom stereocenters. The van der Waals surface area contributed by atoms with E-state index in [0.717, 1.165) is 44.1 Å². The third-order valence-corrected chi connectivity index (χ3v) is 16.1. The lowest BCUT2D eigenvalue weighted by atomic mass is 9.77. The number of fused-ring (bicyclic) bond motifs is 12. The van der Waals surface area contributed by atoms with Crippen LogP contribution in [-0.4, -0.2) is 19.9 Å². The standard InChI is InChI=1S/C68H46N4/c1-68(2,3)37-32-54-52(48-26-14-22-44-40-18-6-10-30-60(40)71-66(44)48)35-56-50(46-24-12-20-42-38-16-4-8-28-58(38)69-64(42)46)34-51(47-25-13-21-43-39-17-5-9-29-59(39)70-65(43)47)57-36-53(55(33-37)62(54)63(56)57)49-27-15-23-45-41-19-7-11-31-61(41)72-67(45)49/h4-36,69-72H,1-3H3. The molecule has 0 unspecified atom stereocenters. The molecule has 0 aliphatic rings. The first-order valence-corrected chi connectivity index (χ1v) is 25.2. The van der Waals surface area contributed by atoms with Crippen molar-refractivity contribution >= 4 is 120 Å². The second-order valence-electron chi connectivity index (χ2n) is 21.1. The molecule has 0 radical (unpaired) electrons. The zero-order valence-corrected chi connectivity index (χ0v) is 40.1. The first-order chi connectivity index (χ1) is 35.3. The van der Waals surface area contributed by atoms with Crippen LogP contribution < -0.4 is 0 Å². The van der Waals surface area contributed by atoms with Crippen LogP contribution in [0, 0.1) is 0 Å². The minimum absolute atomic E-state index is 0.147. The number of aromatic amines is 4. The lowest BCUT2D eigenvalue weighted by Crippen LogP contribution is -2.11. The molecule has 16 aromatic rings. The maximum atomic E-state index is 3.93. The van der Waals surface area contributed by atoms with Crippen LogP contribution in [0.25, 0.3) is 164 Å². The second kappa shape index (κ2) is 14.2. The van der Waals surface area contributed by atoms with E-state index >= 15 is 0 Å². The summed E-state index contributed by atoms with van der Waals surface area (Å²) in [5.41, 5.74) is 19.9. The highest BCUT2D eigenvalue weighted by atomic mass is 14.7. The SMILES string of the molecule is CC(C)(C)c1cc2c(-c3cccc4c3[nH]c3ccccc34)cc3c(-c4cccc5c4[nH]c4ccccc45)cc(-c4cccc5c4[nH]c4ccccc45)c4cc(-c5cccc6c5[nH]c5ccccc56)c(c1)c2c34. The number of rotatable bonds is 4. The second-order valence-corrected chi connectivity index (χ2v) is 21.1. The minimum atomic E-state index is -0.147. The van der Waals surface area contributed by atoms with Crippen LogP contribution in [-0.2, 0) is 5.41 Å². The summed E-state index contributed by atoms with van der Waals surface area (Å²) in [7, 11) is 0.